The van der Waals surface area contributed by atoms with Crippen LogP contribution in [-0.4, -0.2) is 56.3 Å². The monoisotopic (exact) mass is 440 g/mol. The topological polar surface area (TPSA) is 89.0 Å². The van der Waals surface area contributed by atoms with Gasteiger partial charge in [-0.2, -0.15) is 0 Å². The Balaban J connectivity index is 1.29. The number of anilines is 2. The van der Waals surface area contributed by atoms with Crippen molar-refractivity contribution in [3.8, 4) is 0 Å². The van der Waals surface area contributed by atoms with Crippen molar-refractivity contribution in [3.63, 3.8) is 0 Å². The maximum absolute atomic E-state index is 6.09. The Morgan fingerprint density at radius 2 is 2.00 bits per heavy atom. The van der Waals surface area contributed by atoms with E-state index < -0.39 is 0 Å². The van der Waals surface area contributed by atoms with Crippen LogP contribution in [0.25, 0.3) is 10.2 Å². The molecule has 10 heteroatoms. The van der Waals surface area contributed by atoms with Crippen LogP contribution in [0, 0.1) is 0 Å². The van der Waals surface area contributed by atoms with Crippen molar-refractivity contribution in [3.05, 3.63) is 46.4 Å². The highest BCUT2D eigenvalue weighted by molar-refractivity contribution is 7.22. The van der Waals surface area contributed by atoms with Gasteiger partial charge in [0.2, 0.25) is 0 Å². The minimum Gasteiger partial charge on any atom is -0.397 e. The van der Waals surface area contributed by atoms with Crippen molar-refractivity contribution in [2.24, 2.45) is 0 Å². The van der Waals surface area contributed by atoms with Crippen LogP contribution in [0.2, 0.25) is 0 Å². The maximum Gasteiger partial charge on any atom is 0.186 e. The van der Waals surface area contributed by atoms with Gasteiger partial charge in [0.1, 0.15) is 5.52 Å². The minimum atomic E-state index is 0.216. The van der Waals surface area contributed by atoms with Crippen LogP contribution >= 0.6 is 22.7 Å². The molecule has 4 aromatic rings. The Kier molecular flexibility index (Phi) is 5.36. The summed E-state index contributed by atoms with van der Waals surface area (Å²) in [4.78, 5) is 10.9. The first-order chi connectivity index (χ1) is 14.7. The molecule has 1 fully saturated rings. The molecule has 156 valence electrons. The third-order valence-electron chi connectivity index (χ3n) is 5.59. The van der Waals surface area contributed by atoms with E-state index in [0.717, 1.165) is 66.0 Å². The number of tetrazole rings is 1. The molecule has 3 aromatic heterocycles. The fourth-order valence-electron chi connectivity index (χ4n) is 4.04. The summed E-state index contributed by atoms with van der Waals surface area (Å²) < 4.78 is 3.09. The van der Waals surface area contributed by atoms with Gasteiger partial charge < -0.3 is 10.6 Å². The molecule has 1 aliphatic rings. The summed E-state index contributed by atoms with van der Waals surface area (Å²) in [6, 6.07) is 10.4. The highest BCUT2D eigenvalue weighted by Gasteiger charge is 2.29. The van der Waals surface area contributed by atoms with E-state index in [0.29, 0.717) is 0 Å². The number of aromatic nitrogens is 5. The van der Waals surface area contributed by atoms with E-state index in [1.54, 1.807) is 22.7 Å². The Bertz CT molecular complexity index is 1110. The van der Waals surface area contributed by atoms with Crippen LogP contribution in [0.1, 0.15) is 30.1 Å². The highest BCUT2D eigenvalue weighted by atomic mass is 32.1. The molecule has 4 heterocycles. The molecule has 0 spiro atoms. The average Bonchev–Trinajstić information content (AvgIpc) is 3.52. The van der Waals surface area contributed by atoms with Gasteiger partial charge in [-0.15, -0.1) is 16.4 Å². The van der Waals surface area contributed by atoms with Crippen molar-refractivity contribution in [2.75, 3.05) is 36.8 Å². The number of hydrogen-bond acceptors (Lipinski definition) is 9. The van der Waals surface area contributed by atoms with E-state index in [9.17, 15) is 0 Å². The second-order valence-corrected chi connectivity index (χ2v) is 9.45. The van der Waals surface area contributed by atoms with Gasteiger partial charge in [0.15, 0.2) is 11.0 Å². The number of rotatable bonds is 6. The molecule has 1 atom stereocenters. The molecule has 0 radical (unpaired) electrons. The predicted octanol–water partition coefficient (Wildman–Crippen LogP) is 3.25. The normalized spacial score (nSPS) is 16.4. The van der Waals surface area contributed by atoms with E-state index in [1.807, 2.05) is 16.8 Å². The van der Waals surface area contributed by atoms with Gasteiger partial charge in [-0.3, -0.25) is 4.90 Å². The number of piperazine rings is 1. The minimum absolute atomic E-state index is 0.216. The summed E-state index contributed by atoms with van der Waals surface area (Å²) in [5, 5.41) is 15.8. The number of thiazole rings is 1. The number of para-hydroxylation sites is 1. The van der Waals surface area contributed by atoms with Crippen molar-refractivity contribution < 1.29 is 0 Å². The molecule has 0 amide bonds. The lowest BCUT2D eigenvalue weighted by molar-refractivity contribution is 0.169. The zero-order valence-corrected chi connectivity index (χ0v) is 18.4. The van der Waals surface area contributed by atoms with Crippen LogP contribution in [0.15, 0.2) is 35.7 Å². The Labute approximate surface area is 182 Å². The van der Waals surface area contributed by atoms with E-state index >= 15 is 0 Å². The number of nitrogen functional groups attached to an aromatic ring is 1. The van der Waals surface area contributed by atoms with Crippen LogP contribution in [0.3, 0.4) is 0 Å². The molecular weight excluding hydrogens is 416 g/mol. The lowest BCUT2D eigenvalue weighted by atomic mass is 10.1. The summed E-state index contributed by atoms with van der Waals surface area (Å²) in [5.74, 6) is 0.951. The van der Waals surface area contributed by atoms with Gasteiger partial charge in [-0.05, 0) is 40.4 Å². The van der Waals surface area contributed by atoms with Crippen molar-refractivity contribution in [1.29, 1.82) is 0 Å². The number of thiophene rings is 1. The van der Waals surface area contributed by atoms with E-state index in [1.165, 1.54) is 4.88 Å². The molecule has 0 bridgehead atoms. The van der Waals surface area contributed by atoms with Gasteiger partial charge >= 0.3 is 0 Å². The number of benzene rings is 1. The zero-order valence-electron chi connectivity index (χ0n) is 16.8. The number of nitrogens with two attached hydrogens (primary N) is 1. The van der Waals surface area contributed by atoms with E-state index in [2.05, 4.69) is 55.8 Å². The first kappa shape index (κ1) is 19.4. The summed E-state index contributed by atoms with van der Waals surface area (Å²) in [6.07, 6.45) is 0.975. The lowest BCUT2D eigenvalue weighted by Crippen LogP contribution is -2.48. The van der Waals surface area contributed by atoms with Gasteiger partial charge in [-0.1, -0.05) is 30.4 Å². The Morgan fingerprint density at radius 3 is 2.73 bits per heavy atom. The second-order valence-electron chi connectivity index (χ2n) is 7.41. The SMILES string of the molecule is CCC(c1nnnn1Cc1cccs1)N1CCN(c2nc3c(N)cccc3s2)CC1. The van der Waals surface area contributed by atoms with Crippen LogP contribution in [0.5, 0.6) is 0 Å². The standard InChI is InChI=1S/C20H24N8S2/c1-2-16(19-23-24-25-28(19)13-14-5-4-12-29-14)26-8-10-27(11-9-26)20-22-18-15(21)6-3-7-17(18)30-20/h3-7,12,16H,2,8-11,13,21H2,1H3. The van der Waals surface area contributed by atoms with Crippen LogP contribution < -0.4 is 10.6 Å². The fourth-order valence-corrected chi connectivity index (χ4v) is 5.77. The summed E-state index contributed by atoms with van der Waals surface area (Å²) in [7, 11) is 0. The Hall–Kier alpha value is -2.56. The summed E-state index contributed by atoms with van der Waals surface area (Å²) in [6.45, 7) is 6.71. The molecular formula is C20H24N8S2. The van der Waals surface area contributed by atoms with Gasteiger partial charge in [0.25, 0.3) is 0 Å². The second kappa shape index (κ2) is 8.29. The summed E-state index contributed by atoms with van der Waals surface area (Å²) in [5.41, 5.74) is 7.76. The average molecular weight is 441 g/mol. The van der Waals surface area contributed by atoms with Crippen LogP contribution in [0.4, 0.5) is 10.8 Å². The molecule has 8 nitrogen and oxygen atoms in total. The van der Waals surface area contributed by atoms with E-state index in [4.69, 9.17) is 10.7 Å². The zero-order chi connectivity index (χ0) is 20.5. The molecule has 1 aromatic carbocycles. The highest BCUT2D eigenvalue weighted by Crippen LogP contribution is 2.33. The first-order valence-corrected chi connectivity index (χ1v) is 11.8. The molecule has 0 saturated carbocycles. The summed E-state index contributed by atoms with van der Waals surface area (Å²) >= 11 is 3.45. The fraction of sp³-hybridized carbons (Fsp3) is 0.400. The maximum atomic E-state index is 6.09. The van der Waals surface area contributed by atoms with Crippen molar-refractivity contribution >= 4 is 43.7 Å². The van der Waals surface area contributed by atoms with Gasteiger partial charge in [0.05, 0.1) is 23.0 Å². The third-order valence-corrected chi connectivity index (χ3v) is 7.54. The molecule has 5 rings (SSSR count). The van der Waals surface area contributed by atoms with Gasteiger partial charge in [-0.25, -0.2) is 9.67 Å². The van der Waals surface area contributed by atoms with Crippen molar-refractivity contribution in [1.82, 2.24) is 30.1 Å². The molecule has 1 saturated heterocycles. The van der Waals surface area contributed by atoms with Crippen molar-refractivity contribution in [2.45, 2.75) is 25.9 Å². The number of nitrogens with zero attached hydrogens (tertiary/aromatic N) is 7. The van der Waals surface area contributed by atoms with E-state index in [-0.39, 0.29) is 6.04 Å². The molecule has 2 N–H and O–H groups in total. The molecule has 1 aliphatic heterocycles. The third kappa shape index (κ3) is 3.66. The largest absolute Gasteiger partial charge is 0.397 e. The Morgan fingerprint density at radius 1 is 1.13 bits per heavy atom. The quantitative estimate of drug-likeness (QED) is 0.460. The van der Waals surface area contributed by atoms with Gasteiger partial charge in [0, 0.05) is 31.1 Å². The number of hydrogen-bond donors (Lipinski definition) is 1. The first-order valence-electron chi connectivity index (χ1n) is 10.2. The molecule has 1 unspecified atom stereocenters. The lowest BCUT2D eigenvalue weighted by Gasteiger charge is -2.38. The predicted molar refractivity (Wildman–Crippen MR) is 122 cm³/mol. The van der Waals surface area contributed by atoms with Crippen LogP contribution in [-0.2, 0) is 6.54 Å². The molecule has 30 heavy (non-hydrogen) atoms. The number of fused-ring (bicyclic) bond motifs is 1. The molecule has 0 aliphatic carbocycles. The smallest absolute Gasteiger partial charge is 0.186 e.